The molecule has 0 aromatic rings. The van der Waals surface area contributed by atoms with Crippen LogP contribution in [0.25, 0.3) is 0 Å². The summed E-state index contributed by atoms with van der Waals surface area (Å²) in [5.74, 6) is 15.9. The van der Waals surface area contributed by atoms with Crippen LogP contribution in [0.5, 0.6) is 0 Å². The molecule has 1 heterocycles. The van der Waals surface area contributed by atoms with Gasteiger partial charge in [-0.05, 0) is 55.9 Å². The molecule has 1 rings (SSSR count). The number of ether oxygens (including phenoxy) is 2. The second kappa shape index (κ2) is 13.4. The standard InChI is InChI=1S/C21H28O6/c1-3-5-6-7-8-9-10-11-12-14-16(13-4-2)26-21-20(25)19(24)18(23)17(15-22)27-21/h10-11,16-25H,4,12-15H2,1-2H3/b11-10+. The second-order valence-corrected chi connectivity index (χ2v) is 6.12. The van der Waals surface area contributed by atoms with Crippen LogP contribution in [0.15, 0.2) is 12.2 Å². The van der Waals surface area contributed by atoms with Crippen molar-refractivity contribution >= 4 is 0 Å². The largest absolute Gasteiger partial charge is 0.394 e. The van der Waals surface area contributed by atoms with Crippen LogP contribution in [0, 0.1) is 35.5 Å². The van der Waals surface area contributed by atoms with E-state index >= 15 is 0 Å². The third-order valence-electron chi connectivity index (χ3n) is 4.03. The van der Waals surface area contributed by atoms with Crippen LogP contribution < -0.4 is 0 Å². The maximum absolute atomic E-state index is 10.1. The minimum Gasteiger partial charge on any atom is -0.394 e. The number of rotatable bonds is 8. The molecular formula is C21H28O6. The van der Waals surface area contributed by atoms with Gasteiger partial charge in [0, 0.05) is 0 Å². The summed E-state index contributed by atoms with van der Waals surface area (Å²) in [7, 11) is 0. The molecule has 0 aromatic carbocycles. The molecule has 6 unspecified atom stereocenters. The van der Waals surface area contributed by atoms with Crippen molar-refractivity contribution in [2.45, 2.75) is 76.3 Å². The van der Waals surface area contributed by atoms with Gasteiger partial charge >= 0.3 is 0 Å². The Kier molecular flexibility index (Phi) is 11.5. The third-order valence-corrected chi connectivity index (χ3v) is 4.03. The first-order valence-corrected chi connectivity index (χ1v) is 9.08. The molecule has 0 aromatic heterocycles. The first-order valence-electron chi connectivity index (χ1n) is 9.08. The molecule has 0 amide bonds. The zero-order chi connectivity index (χ0) is 20.1. The van der Waals surface area contributed by atoms with Crippen molar-refractivity contribution in [1.82, 2.24) is 0 Å². The van der Waals surface area contributed by atoms with Gasteiger partial charge in [0.05, 0.1) is 12.7 Å². The predicted octanol–water partition coefficient (Wildman–Crippen LogP) is 0.338. The molecule has 1 saturated heterocycles. The molecule has 0 bridgehead atoms. The van der Waals surface area contributed by atoms with Crippen LogP contribution in [0.1, 0.15) is 39.5 Å². The van der Waals surface area contributed by atoms with Crippen molar-refractivity contribution in [1.29, 1.82) is 0 Å². The highest BCUT2D eigenvalue weighted by molar-refractivity contribution is 5.37. The van der Waals surface area contributed by atoms with Gasteiger partial charge in [-0.25, -0.2) is 0 Å². The summed E-state index contributed by atoms with van der Waals surface area (Å²) in [5, 5.41) is 39.0. The molecule has 4 N–H and O–H groups in total. The summed E-state index contributed by atoms with van der Waals surface area (Å²) in [6.07, 6.45) is 0.147. The van der Waals surface area contributed by atoms with Gasteiger partial charge < -0.3 is 29.9 Å². The SMILES string of the molecule is CC#CC#CC#C/C=C/CCC(CCC)OC1OC(CO)C(O)C(O)C1O. The van der Waals surface area contributed by atoms with E-state index in [1.165, 1.54) is 0 Å². The van der Waals surface area contributed by atoms with E-state index in [0.717, 1.165) is 12.8 Å². The summed E-state index contributed by atoms with van der Waals surface area (Å²) in [6.45, 7) is 3.25. The average Bonchev–Trinajstić information content (AvgIpc) is 2.67. The van der Waals surface area contributed by atoms with Crippen molar-refractivity contribution in [3.63, 3.8) is 0 Å². The summed E-state index contributed by atoms with van der Waals surface area (Å²) in [6, 6.07) is 0. The minimum atomic E-state index is -1.43. The predicted molar refractivity (Wildman–Crippen MR) is 101 cm³/mol. The summed E-state index contributed by atoms with van der Waals surface area (Å²) >= 11 is 0. The Bertz CT molecular complexity index is 637. The average molecular weight is 376 g/mol. The number of aliphatic hydroxyl groups is 4. The Labute approximate surface area is 161 Å². The Hall–Kier alpha value is -1.82. The third kappa shape index (κ3) is 8.16. The molecule has 6 atom stereocenters. The topological polar surface area (TPSA) is 99.4 Å². The number of hydrogen-bond donors (Lipinski definition) is 4. The monoisotopic (exact) mass is 376 g/mol. The van der Waals surface area contributed by atoms with Gasteiger partial charge in [0.15, 0.2) is 6.29 Å². The summed E-state index contributed by atoms with van der Waals surface area (Å²) in [4.78, 5) is 0. The van der Waals surface area contributed by atoms with Crippen LogP contribution in [0.4, 0.5) is 0 Å². The molecule has 0 spiro atoms. The molecule has 0 aliphatic carbocycles. The fourth-order valence-corrected chi connectivity index (χ4v) is 2.60. The molecule has 148 valence electrons. The number of allylic oxidation sites excluding steroid dienone is 2. The summed E-state index contributed by atoms with van der Waals surface area (Å²) < 4.78 is 11.2. The maximum Gasteiger partial charge on any atom is 0.186 e. The fraction of sp³-hybridized carbons (Fsp3) is 0.619. The van der Waals surface area contributed by atoms with Crippen LogP contribution in [-0.2, 0) is 9.47 Å². The van der Waals surface area contributed by atoms with E-state index in [4.69, 9.17) is 9.47 Å². The smallest absolute Gasteiger partial charge is 0.186 e. The molecule has 27 heavy (non-hydrogen) atoms. The van der Waals surface area contributed by atoms with Crippen LogP contribution >= 0.6 is 0 Å². The van der Waals surface area contributed by atoms with Crippen molar-refractivity contribution in [3.05, 3.63) is 12.2 Å². The van der Waals surface area contributed by atoms with Crippen LogP contribution in [0.3, 0.4) is 0 Å². The molecule has 6 nitrogen and oxygen atoms in total. The maximum atomic E-state index is 10.1. The van der Waals surface area contributed by atoms with Crippen molar-refractivity contribution in [2.75, 3.05) is 6.61 Å². The molecular weight excluding hydrogens is 348 g/mol. The highest BCUT2D eigenvalue weighted by Gasteiger charge is 2.44. The van der Waals surface area contributed by atoms with Crippen LogP contribution in [0.2, 0.25) is 0 Å². The van der Waals surface area contributed by atoms with E-state index < -0.39 is 37.3 Å². The van der Waals surface area contributed by atoms with E-state index in [0.29, 0.717) is 12.8 Å². The molecule has 1 fully saturated rings. The normalized spacial score (nSPS) is 28.3. The second-order valence-electron chi connectivity index (χ2n) is 6.12. The lowest BCUT2D eigenvalue weighted by molar-refractivity contribution is -0.312. The van der Waals surface area contributed by atoms with Gasteiger partial charge in [-0.3, -0.25) is 0 Å². The first kappa shape index (κ1) is 23.2. The van der Waals surface area contributed by atoms with Gasteiger partial charge in [-0.2, -0.15) is 0 Å². The lowest BCUT2D eigenvalue weighted by Crippen LogP contribution is -2.59. The van der Waals surface area contributed by atoms with Crippen molar-refractivity contribution in [2.24, 2.45) is 0 Å². The zero-order valence-electron chi connectivity index (χ0n) is 15.8. The lowest BCUT2D eigenvalue weighted by Gasteiger charge is -2.40. The zero-order valence-corrected chi connectivity index (χ0v) is 15.8. The highest BCUT2D eigenvalue weighted by Crippen LogP contribution is 2.24. The molecule has 0 saturated carbocycles. The highest BCUT2D eigenvalue weighted by atomic mass is 16.7. The van der Waals surface area contributed by atoms with Gasteiger partial charge in [0.25, 0.3) is 0 Å². The van der Waals surface area contributed by atoms with E-state index in [9.17, 15) is 20.4 Å². The molecule has 0 radical (unpaired) electrons. The van der Waals surface area contributed by atoms with E-state index in [2.05, 4.69) is 35.5 Å². The Morgan fingerprint density at radius 1 is 1.04 bits per heavy atom. The molecule has 1 aliphatic heterocycles. The Morgan fingerprint density at radius 3 is 2.44 bits per heavy atom. The Balaban J connectivity index is 2.55. The van der Waals surface area contributed by atoms with Crippen LogP contribution in [-0.4, -0.2) is 63.8 Å². The lowest BCUT2D eigenvalue weighted by atomic mass is 9.99. The number of hydrogen-bond acceptors (Lipinski definition) is 6. The fourth-order valence-electron chi connectivity index (χ4n) is 2.60. The first-order chi connectivity index (χ1) is 13.0. The van der Waals surface area contributed by atoms with Crippen molar-refractivity contribution in [3.8, 4) is 35.5 Å². The molecule has 1 aliphatic rings. The Morgan fingerprint density at radius 2 is 1.78 bits per heavy atom. The van der Waals surface area contributed by atoms with E-state index in [1.54, 1.807) is 13.0 Å². The summed E-state index contributed by atoms with van der Waals surface area (Å²) in [5.41, 5.74) is 0. The van der Waals surface area contributed by atoms with Gasteiger partial charge in [-0.15, -0.1) is 0 Å². The van der Waals surface area contributed by atoms with Gasteiger partial charge in [0.2, 0.25) is 0 Å². The number of aliphatic hydroxyl groups excluding tert-OH is 4. The van der Waals surface area contributed by atoms with E-state index in [-0.39, 0.29) is 6.10 Å². The van der Waals surface area contributed by atoms with Crippen molar-refractivity contribution < 1.29 is 29.9 Å². The van der Waals surface area contributed by atoms with Gasteiger partial charge in [0.1, 0.15) is 24.4 Å². The van der Waals surface area contributed by atoms with Gasteiger partial charge in [-0.1, -0.05) is 31.3 Å². The quantitative estimate of drug-likeness (QED) is 0.456. The minimum absolute atomic E-state index is 0.200. The molecule has 6 heteroatoms. The van der Waals surface area contributed by atoms with E-state index in [1.807, 2.05) is 13.0 Å².